The van der Waals surface area contributed by atoms with E-state index in [1.54, 1.807) is 6.20 Å². The molecule has 4 nitrogen and oxygen atoms in total. The van der Waals surface area contributed by atoms with Gasteiger partial charge in [-0.2, -0.15) is 4.98 Å². The standard InChI is InChI=1S/C11H16ClN3O.ClH/c1-8-5-14-11(15-10(8)12)16-7-9-3-2-4-13-6-9;/h5,9,13H,2-4,6-7H2,1H3;1H. The molecule has 1 aliphatic heterocycles. The molecule has 6 heteroatoms. The third kappa shape index (κ3) is 4.30. The molecule has 1 unspecified atom stereocenters. The second-order valence-electron chi connectivity index (χ2n) is 4.15. The molecule has 0 bridgehead atoms. The van der Waals surface area contributed by atoms with Crippen molar-refractivity contribution in [2.75, 3.05) is 19.7 Å². The van der Waals surface area contributed by atoms with Gasteiger partial charge >= 0.3 is 6.01 Å². The van der Waals surface area contributed by atoms with E-state index < -0.39 is 0 Å². The van der Waals surface area contributed by atoms with Gasteiger partial charge in [-0.1, -0.05) is 11.6 Å². The number of aryl methyl sites for hydroxylation is 1. The molecule has 0 radical (unpaired) electrons. The lowest BCUT2D eigenvalue weighted by molar-refractivity contribution is 0.205. The van der Waals surface area contributed by atoms with E-state index >= 15 is 0 Å². The lowest BCUT2D eigenvalue weighted by atomic mass is 10.0. The first-order valence-electron chi connectivity index (χ1n) is 5.58. The van der Waals surface area contributed by atoms with Crippen LogP contribution in [-0.4, -0.2) is 29.7 Å². The van der Waals surface area contributed by atoms with Crippen LogP contribution >= 0.6 is 24.0 Å². The summed E-state index contributed by atoms with van der Waals surface area (Å²) < 4.78 is 5.53. The van der Waals surface area contributed by atoms with Gasteiger partial charge in [-0.15, -0.1) is 12.4 Å². The Kier molecular flexibility index (Phi) is 5.95. The molecule has 1 aliphatic rings. The number of halogens is 2. The monoisotopic (exact) mass is 277 g/mol. The van der Waals surface area contributed by atoms with E-state index in [0.717, 1.165) is 18.7 Å². The summed E-state index contributed by atoms with van der Waals surface area (Å²) in [6, 6.07) is 0.376. The van der Waals surface area contributed by atoms with E-state index in [2.05, 4.69) is 15.3 Å². The second-order valence-corrected chi connectivity index (χ2v) is 4.51. The Morgan fingerprint density at radius 2 is 2.41 bits per heavy atom. The normalized spacial score (nSPS) is 19.5. The Labute approximate surface area is 113 Å². The minimum absolute atomic E-state index is 0. The van der Waals surface area contributed by atoms with E-state index in [4.69, 9.17) is 16.3 Å². The summed E-state index contributed by atoms with van der Waals surface area (Å²) >= 11 is 5.89. The molecule has 96 valence electrons. The summed E-state index contributed by atoms with van der Waals surface area (Å²) in [5.41, 5.74) is 0.869. The largest absolute Gasteiger partial charge is 0.463 e. The summed E-state index contributed by atoms with van der Waals surface area (Å²) in [4.78, 5) is 8.15. The predicted octanol–water partition coefficient (Wildman–Crippen LogP) is 2.24. The Hall–Kier alpha value is -0.580. The fraction of sp³-hybridized carbons (Fsp3) is 0.636. The molecule has 0 aliphatic carbocycles. The van der Waals surface area contributed by atoms with E-state index in [1.165, 1.54) is 12.8 Å². The Morgan fingerprint density at radius 1 is 1.59 bits per heavy atom. The van der Waals surface area contributed by atoms with Gasteiger partial charge in [0.1, 0.15) is 5.15 Å². The second kappa shape index (κ2) is 6.99. The first kappa shape index (κ1) is 14.5. The van der Waals surface area contributed by atoms with Crippen molar-refractivity contribution in [3.63, 3.8) is 0 Å². The van der Waals surface area contributed by atoms with Crippen molar-refractivity contribution < 1.29 is 4.74 Å². The van der Waals surface area contributed by atoms with Crippen molar-refractivity contribution >= 4 is 24.0 Å². The highest BCUT2D eigenvalue weighted by Gasteiger charge is 2.14. The molecule has 2 heterocycles. The van der Waals surface area contributed by atoms with Gasteiger partial charge in [-0.05, 0) is 26.3 Å². The third-order valence-electron chi connectivity index (χ3n) is 2.73. The molecule has 0 amide bonds. The van der Waals surface area contributed by atoms with Crippen molar-refractivity contribution in [2.24, 2.45) is 5.92 Å². The van der Waals surface area contributed by atoms with E-state index in [0.29, 0.717) is 23.7 Å². The zero-order valence-electron chi connectivity index (χ0n) is 9.78. The minimum atomic E-state index is 0. The summed E-state index contributed by atoms with van der Waals surface area (Å²) in [5, 5.41) is 3.81. The first-order chi connectivity index (χ1) is 7.75. The molecule has 0 aromatic carbocycles. The zero-order chi connectivity index (χ0) is 11.4. The maximum Gasteiger partial charge on any atom is 0.317 e. The van der Waals surface area contributed by atoms with Crippen LogP contribution in [-0.2, 0) is 0 Å². The van der Waals surface area contributed by atoms with E-state index in [9.17, 15) is 0 Å². The minimum Gasteiger partial charge on any atom is -0.463 e. The topological polar surface area (TPSA) is 47.0 Å². The van der Waals surface area contributed by atoms with Crippen LogP contribution in [0.1, 0.15) is 18.4 Å². The highest BCUT2D eigenvalue weighted by atomic mass is 35.5. The molecule has 1 saturated heterocycles. The highest BCUT2D eigenvalue weighted by Crippen LogP contribution is 2.15. The van der Waals surface area contributed by atoms with Gasteiger partial charge in [0, 0.05) is 24.2 Å². The first-order valence-corrected chi connectivity index (χ1v) is 5.96. The highest BCUT2D eigenvalue weighted by molar-refractivity contribution is 6.30. The van der Waals surface area contributed by atoms with Crippen LogP contribution in [0.25, 0.3) is 0 Å². The Morgan fingerprint density at radius 3 is 3.06 bits per heavy atom. The number of hydrogen-bond donors (Lipinski definition) is 1. The number of aromatic nitrogens is 2. The average Bonchev–Trinajstić information content (AvgIpc) is 2.32. The van der Waals surface area contributed by atoms with Crippen LogP contribution in [0.15, 0.2) is 6.20 Å². The quantitative estimate of drug-likeness (QED) is 0.861. The lowest BCUT2D eigenvalue weighted by Crippen LogP contribution is -2.33. The van der Waals surface area contributed by atoms with Crippen LogP contribution < -0.4 is 10.1 Å². The van der Waals surface area contributed by atoms with Crippen LogP contribution in [0.2, 0.25) is 5.15 Å². The summed E-state index contributed by atoms with van der Waals surface area (Å²) in [7, 11) is 0. The fourth-order valence-electron chi connectivity index (χ4n) is 1.73. The molecule has 1 aromatic rings. The third-order valence-corrected chi connectivity index (χ3v) is 3.12. The van der Waals surface area contributed by atoms with Crippen molar-refractivity contribution in [3.05, 3.63) is 16.9 Å². The van der Waals surface area contributed by atoms with E-state index in [-0.39, 0.29) is 12.4 Å². The van der Waals surface area contributed by atoms with Gasteiger partial charge in [-0.25, -0.2) is 4.98 Å². The fourth-order valence-corrected chi connectivity index (χ4v) is 1.86. The maximum absolute atomic E-state index is 5.89. The molecule has 2 rings (SSSR count). The van der Waals surface area contributed by atoms with Gasteiger partial charge in [0.25, 0.3) is 0 Å². The summed E-state index contributed by atoms with van der Waals surface area (Å²) in [6.07, 6.45) is 4.10. The van der Waals surface area contributed by atoms with Crippen molar-refractivity contribution in [3.8, 4) is 6.01 Å². The van der Waals surface area contributed by atoms with Gasteiger partial charge in [0.15, 0.2) is 0 Å². The number of ether oxygens (including phenoxy) is 1. The lowest BCUT2D eigenvalue weighted by Gasteiger charge is -2.22. The molecule has 0 spiro atoms. The van der Waals surface area contributed by atoms with Crippen LogP contribution in [0.5, 0.6) is 6.01 Å². The summed E-state index contributed by atoms with van der Waals surface area (Å²) in [6.45, 7) is 4.66. The molecule has 1 N–H and O–H groups in total. The van der Waals surface area contributed by atoms with Crippen molar-refractivity contribution in [2.45, 2.75) is 19.8 Å². The molecule has 0 saturated carbocycles. The van der Waals surface area contributed by atoms with Crippen LogP contribution in [0, 0.1) is 12.8 Å². The molecular formula is C11H17Cl2N3O. The molecule has 1 aromatic heterocycles. The van der Waals surface area contributed by atoms with Gasteiger partial charge in [0.2, 0.25) is 0 Å². The van der Waals surface area contributed by atoms with Gasteiger partial charge < -0.3 is 10.1 Å². The molecular weight excluding hydrogens is 261 g/mol. The number of nitrogens with one attached hydrogen (secondary N) is 1. The SMILES string of the molecule is Cc1cnc(OCC2CCCNC2)nc1Cl.Cl. The van der Waals surface area contributed by atoms with Crippen molar-refractivity contribution in [1.29, 1.82) is 0 Å². The van der Waals surface area contributed by atoms with Crippen molar-refractivity contribution in [1.82, 2.24) is 15.3 Å². The molecule has 1 atom stereocenters. The number of nitrogens with zero attached hydrogens (tertiary/aromatic N) is 2. The number of rotatable bonds is 3. The molecule has 1 fully saturated rings. The smallest absolute Gasteiger partial charge is 0.317 e. The van der Waals surface area contributed by atoms with Crippen LogP contribution in [0.3, 0.4) is 0 Å². The van der Waals surface area contributed by atoms with Gasteiger partial charge in [0.05, 0.1) is 6.61 Å². The zero-order valence-corrected chi connectivity index (χ0v) is 11.4. The maximum atomic E-state index is 5.89. The number of hydrogen-bond acceptors (Lipinski definition) is 4. The average molecular weight is 278 g/mol. The number of piperidine rings is 1. The molecule has 17 heavy (non-hydrogen) atoms. The van der Waals surface area contributed by atoms with Gasteiger partial charge in [-0.3, -0.25) is 0 Å². The van der Waals surface area contributed by atoms with E-state index in [1.807, 2.05) is 6.92 Å². The summed E-state index contributed by atoms with van der Waals surface area (Å²) in [5.74, 6) is 0.553. The Balaban J connectivity index is 0.00000144. The van der Waals surface area contributed by atoms with Crippen LogP contribution in [0.4, 0.5) is 0 Å². The Bertz CT molecular complexity index is 357. The predicted molar refractivity (Wildman–Crippen MR) is 70.1 cm³/mol.